The maximum atomic E-state index is 12.0. The van der Waals surface area contributed by atoms with Crippen LogP contribution in [0.15, 0.2) is 11.8 Å². The number of piperazine rings is 1. The van der Waals surface area contributed by atoms with E-state index in [-0.39, 0.29) is 5.41 Å². The summed E-state index contributed by atoms with van der Waals surface area (Å²) >= 11 is 0. The second-order valence-electron chi connectivity index (χ2n) is 8.56. The van der Waals surface area contributed by atoms with Gasteiger partial charge in [0.2, 0.25) is 0 Å². The summed E-state index contributed by atoms with van der Waals surface area (Å²) in [5.41, 5.74) is 1.43. The summed E-state index contributed by atoms with van der Waals surface area (Å²) in [5, 5.41) is 0. The summed E-state index contributed by atoms with van der Waals surface area (Å²) in [7, 11) is 0. The Hall–Kier alpha value is -0.830. The number of ketones is 1. The molecule has 3 aliphatic rings. The summed E-state index contributed by atoms with van der Waals surface area (Å²) in [6.45, 7) is 11.4. The molecule has 124 valence electrons. The van der Waals surface area contributed by atoms with Crippen LogP contribution in [0.2, 0.25) is 0 Å². The molecular formula is C19H32N2O. The van der Waals surface area contributed by atoms with E-state index in [0.29, 0.717) is 12.2 Å². The Balaban J connectivity index is 1.54. The van der Waals surface area contributed by atoms with Gasteiger partial charge in [0.25, 0.3) is 0 Å². The minimum Gasteiger partial charge on any atom is -0.372 e. The molecule has 0 aromatic rings. The number of hydrogen-bond donors (Lipinski definition) is 0. The zero-order valence-corrected chi connectivity index (χ0v) is 14.6. The molecule has 0 bridgehead atoms. The predicted octanol–water partition coefficient (Wildman–Crippen LogP) is 3.46. The number of carbonyl (C=O) groups excluding carboxylic acids is 1. The molecule has 0 aromatic carbocycles. The maximum Gasteiger partial charge on any atom is 0.157 e. The van der Waals surface area contributed by atoms with Crippen molar-refractivity contribution in [1.29, 1.82) is 0 Å². The van der Waals surface area contributed by atoms with E-state index in [4.69, 9.17) is 0 Å². The highest BCUT2D eigenvalue weighted by molar-refractivity contribution is 5.91. The van der Waals surface area contributed by atoms with E-state index in [9.17, 15) is 4.79 Å². The summed E-state index contributed by atoms with van der Waals surface area (Å²) in [6.07, 6.45) is 9.25. The topological polar surface area (TPSA) is 23.6 Å². The van der Waals surface area contributed by atoms with E-state index in [2.05, 4.69) is 30.6 Å². The lowest BCUT2D eigenvalue weighted by Gasteiger charge is -2.44. The predicted molar refractivity (Wildman–Crippen MR) is 90.7 cm³/mol. The van der Waals surface area contributed by atoms with Gasteiger partial charge in [0.15, 0.2) is 5.78 Å². The highest BCUT2D eigenvalue weighted by atomic mass is 16.1. The standard InChI is InChI=1S/C19H32N2O/c1-15-4-6-16(7-5-15)20-8-10-21(11-9-20)17-12-18(22)14-19(2,3)13-17/h12,15-16H,4-11,13-14H2,1-3H3. The van der Waals surface area contributed by atoms with E-state index in [1.54, 1.807) is 0 Å². The van der Waals surface area contributed by atoms with Crippen molar-refractivity contribution in [3.8, 4) is 0 Å². The van der Waals surface area contributed by atoms with Gasteiger partial charge in [-0.05, 0) is 43.4 Å². The molecule has 3 nitrogen and oxygen atoms in total. The van der Waals surface area contributed by atoms with E-state index in [1.807, 2.05) is 6.08 Å². The van der Waals surface area contributed by atoms with Crippen LogP contribution in [0.4, 0.5) is 0 Å². The number of hydrogen-bond acceptors (Lipinski definition) is 3. The van der Waals surface area contributed by atoms with Gasteiger partial charge < -0.3 is 4.90 Å². The first-order chi connectivity index (χ1) is 10.4. The average molecular weight is 304 g/mol. The summed E-state index contributed by atoms with van der Waals surface area (Å²) in [6, 6.07) is 0.816. The number of rotatable bonds is 2. The van der Waals surface area contributed by atoms with Gasteiger partial charge in [-0.2, -0.15) is 0 Å². The molecule has 0 N–H and O–H groups in total. The van der Waals surface area contributed by atoms with Crippen LogP contribution in [0, 0.1) is 11.3 Å². The van der Waals surface area contributed by atoms with Crippen molar-refractivity contribution in [3.05, 3.63) is 11.8 Å². The normalized spacial score (nSPS) is 33.7. The fourth-order valence-corrected chi connectivity index (χ4v) is 4.50. The van der Waals surface area contributed by atoms with Crippen molar-refractivity contribution in [2.75, 3.05) is 26.2 Å². The summed E-state index contributed by atoms with van der Waals surface area (Å²) in [4.78, 5) is 17.1. The second kappa shape index (κ2) is 6.35. The van der Waals surface area contributed by atoms with Crippen molar-refractivity contribution in [3.63, 3.8) is 0 Å². The van der Waals surface area contributed by atoms with E-state index >= 15 is 0 Å². The monoisotopic (exact) mass is 304 g/mol. The molecule has 0 spiro atoms. The lowest BCUT2D eigenvalue weighted by atomic mass is 9.78. The lowest BCUT2D eigenvalue weighted by Crippen LogP contribution is -2.51. The fourth-order valence-electron chi connectivity index (χ4n) is 4.50. The molecule has 0 radical (unpaired) electrons. The molecule has 2 fully saturated rings. The highest BCUT2D eigenvalue weighted by Crippen LogP contribution is 2.35. The van der Waals surface area contributed by atoms with Crippen LogP contribution in [0.1, 0.15) is 59.3 Å². The molecule has 0 amide bonds. The molecule has 3 heteroatoms. The number of nitrogens with zero attached hydrogens (tertiary/aromatic N) is 2. The molecule has 0 unspecified atom stereocenters. The summed E-state index contributed by atoms with van der Waals surface area (Å²) < 4.78 is 0. The molecule has 0 atom stereocenters. The van der Waals surface area contributed by atoms with E-state index < -0.39 is 0 Å². The minimum absolute atomic E-state index is 0.137. The van der Waals surface area contributed by atoms with Crippen LogP contribution in [0.25, 0.3) is 0 Å². The van der Waals surface area contributed by atoms with Crippen LogP contribution in [-0.2, 0) is 4.79 Å². The van der Waals surface area contributed by atoms with Crippen molar-refractivity contribution in [1.82, 2.24) is 9.80 Å². The smallest absolute Gasteiger partial charge is 0.157 e. The third kappa shape index (κ3) is 3.73. The molecule has 2 aliphatic carbocycles. The molecule has 1 saturated heterocycles. The molecule has 1 saturated carbocycles. The Morgan fingerprint density at radius 1 is 1.00 bits per heavy atom. The number of carbonyl (C=O) groups is 1. The fraction of sp³-hybridized carbons (Fsp3) is 0.842. The Labute approximate surface area is 135 Å². The van der Waals surface area contributed by atoms with Crippen LogP contribution >= 0.6 is 0 Å². The van der Waals surface area contributed by atoms with Crippen molar-refractivity contribution < 1.29 is 4.79 Å². The third-order valence-corrected chi connectivity index (χ3v) is 5.86. The maximum absolute atomic E-state index is 12.0. The van der Waals surface area contributed by atoms with Gasteiger partial charge >= 0.3 is 0 Å². The van der Waals surface area contributed by atoms with Crippen LogP contribution in [0.3, 0.4) is 0 Å². The van der Waals surface area contributed by atoms with Gasteiger partial charge in [0.1, 0.15) is 0 Å². The second-order valence-corrected chi connectivity index (χ2v) is 8.56. The molecule has 1 heterocycles. The van der Waals surface area contributed by atoms with Gasteiger partial charge in [-0.1, -0.05) is 20.8 Å². The van der Waals surface area contributed by atoms with Crippen LogP contribution in [-0.4, -0.2) is 47.8 Å². The van der Waals surface area contributed by atoms with Crippen molar-refractivity contribution in [2.24, 2.45) is 11.3 Å². The first kappa shape index (κ1) is 16.0. The minimum atomic E-state index is 0.137. The molecule has 0 aromatic heterocycles. The average Bonchev–Trinajstić information content (AvgIpc) is 2.46. The van der Waals surface area contributed by atoms with Gasteiger partial charge in [-0.3, -0.25) is 9.69 Å². The largest absolute Gasteiger partial charge is 0.372 e. The van der Waals surface area contributed by atoms with E-state index in [1.165, 1.54) is 44.5 Å². The lowest BCUT2D eigenvalue weighted by molar-refractivity contribution is -0.117. The zero-order valence-electron chi connectivity index (χ0n) is 14.6. The Morgan fingerprint density at radius 2 is 1.64 bits per heavy atom. The molecule has 3 rings (SSSR count). The zero-order chi connectivity index (χ0) is 15.7. The number of allylic oxidation sites excluding steroid dienone is 2. The van der Waals surface area contributed by atoms with Crippen molar-refractivity contribution >= 4 is 5.78 Å². The van der Waals surface area contributed by atoms with Crippen molar-refractivity contribution in [2.45, 2.75) is 65.3 Å². The van der Waals surface area contributed by atoms with Crippen LogP contribution in [0.5, 0.6) is 0 Å². The van der Waals surface area contributed by atoms with Gasteiger partial charge in [-0.25, -0.2) is 0 Å². The molecule has 1 aliphatic heterocycles. The first-order valence-electron chi connectivity index (χ1n) is 9.15. The first-order valence-corrected chi connectivity index (χ1v) is 9.15. The van der Waals surface area contributed by atoms with E-state index in [0.717, 1.165) is 31.5 Å². The van der Waals surface area contributed by atoms with Crippen LogP contribution < -0.4 is 0 Å². The van der Waals surface area contributed by atoms with Gasteiger partial charge in [0, 0.05) is 50.4 Å². The quantitative estimate of drug-likeness (QED) is 0.780. The SMILES string of the molecule is CC1CCC(N2CCN(C3=CC(=O)CC(C)(C)C3)CC2)CC1. The Kier molecular flexibility index (Phi) is 4.63. The van der Waals surface area contributed by atoms with Gasteiger partial charge in [0.05, 0.1) is 0 Å². The third-order valence-electron chi connectivity index (χ3n) is 5.86. The molecule has 22 heavy (non-hydrogen) atoms. The summed E-state index contributed by atoms with van der Waals surface area (Å²) in [5.74, 6) is 1.24. The van der Waals surface area contributed by atoms with Gasteiger partial charge in [-0.15, -0.1) is 0 Å². The molecular weight excluding hydrogens is 272 g/mol. The Morgan fingerprint density at radius 3 is 2.23 bits per heavy atom. The Bertz CT molecular complexity index is 438. The highest BCUT2D eigenvalue weighted by Gasteiger charge is 2.32.